The number of nitrogen functional groups attached to an aromatic ring is 1. The zero-order valence-corrected chi connectivity index (χ0v) is 14.4. The molecule has 0 saturated carbocycles. The molecule has 3 N–H and O–H groups in total. The molecule has 0 radical (unpaired) electrons. The summed E-state index contributed by atoms with van der Waals surface area (Å²) in [5.74, 6) is -0.620. The third-order valence-corrected chi connectivity index (χ3v) is 6.11. The van der Waals surface area contributed by atoms with Crippen LogP contribution in [0.15, 0.2) is 33.1 Å². The Morgan fingerprint density at radius 3 is 2.67 bits per heavy atom. The highest BCUT2D eigenvalue weighted by Crippen LogP contribution is 2.29. The van der Waals surface area contributed by atoms with Crippen LogP contribution >= 0.6 is 27.3 Å². The molecule has 0 aliphatic rings. The predicted octanol–water partition coefficient (Wildman–Crippen LogP) is 2.84. The molecule has 114 valence electrons. The highest BCUT2D eigenvalue weighted by atomic mass is 79.9. The van der Waals surface area contributed by atoms with E-state index in [0.29, 0.717) is 5.01 Å². The van der Waals surface area contributed by atoms with Crippen LogP contribution in [-0.4, -0.2) is 13.4 Å². The Kier molecular flexibility index (Phi) is 4.39. The number of halogens is 2. The van der Waals surface area contributed by atoms with E-state index in [0.717, 1.165) is 12.1 Å². The van der Waals surface area contributed by atoms with Gasteiger partial charge in [0.25, 0.3) is 0 Å². The molecule has 0 bridgehead atoms. The van der Waals surface area contributed by atoms with Crippen molar-refractivity contribution in [1.29, 1.82) is 0 Å². The number of thiazole rings is 1. The van der Waals surface area contributed by atoms with Crippen molar-refractivity contribution in [2.75, 3.05) is 5.73 Å². The fraction of sp³-hybridized carbons (Fsp3) is 0.250. The van der Waals surface area contributed by atoms with Crippen molar-refractivity contribution in [1.82, 2.24) is 9.71 Å². The molecule has 0 atom stereocenters. The van der Waals surface area contributed by atoms with E-state index in [1.165, 1.54) is 11.3 Å². The number of anilines is 1. The Morgan fingerprint density at radius 1 is 1.43 bits per heavy atom. The Balaban J connectivity index is 2.42. The second kappa shape index (κ2) is 5.64. The van der Waals surface area contributed by atoms with Gasteiger partial charge in [-0.15, -0.1) is 11.3 Å². The van der Waals surface area contributed by atoms with Crippen LogP contribution in [0.4, 0.5) is 10.1 Å². The lowest BCUT2D eigenvalue weighted by atomic mass is 10.1. The lowest BCUT2D eigenvalue weighted by Crippen LogP contribution is -2.41. The average molecular weight is 394 g/mol. The SMILES string of the molecule is CC(C)(NS(=O)(=O)c1cc(Br)c(F)cc1N)c1nccs1. The summed E-state index contributed by atoms with van der Waals surface area (Å²) in [7, 11) is -3.92. The number of nitrogens with zero attached hydrogens (tertiary/aromatic N) is 1. The minimum atomic E-state index is -3.92. The summed E-state index contributed by atoms with van der Waals surface area (Å²) in [6, 6.07) is 2.11. The van der Waals surface area contributed by atoms with E-state index in [4.69, 9.17) is 5.73 Å². The molecule has 0 amide bonds. The van der Waals surface area contributed by atoms with Gasteiger partial charge in [-0.1, -0.05) is 0 Å². The molecular weight excluding hydrogens is 381 g/mol. The largest absolute Gasteiger partial charge is 0.398 e. The summed E-state index contributed by atoms with van der Waals surface area (Å²) in [6.45, 7) is 3.39. The van der Waals surface area contributed by atoms with Crippen molar-refractivity contribution in [3.8, 4) is 0 Å². The summed E-state index contributed by atoms with van der Waals surface area (Å²) in [6.07, 6.45) is 1.60. The standard InChI is InChI=1S/C12H13BrFN3O2S2/c1-12(2,11-16-3-4-20-11)17-21(18,19)10-5-7(13)8(14)6-9(10)15/h3-6,17H,15H2,1-2H3. The molecule has 9 heteroatoms. The summed E-state index contributed by atoms with van der Waals surface area (Å²) in [5, 5.41) is 2.37. The normalized spacial score (nSPS) is 12.6. The summed E-state index contributed by atoms with van der Waals surface area (Å²) < 4.78 is 40.9. The number of hydrogen-bond donors (Lipinski definition) is 2. The van der Waals surface area contributed by atoms with Crippen LogP contribution in [0, 0.1) is 5.82 Å². The van der Waals surface area contributed by atoms with Gasteiger partial charge >= 0.3 is 0 Å². The summed E-state index contributed by atoms with van der Waals surface area (Å²) >= 11 is 4.29. The van der Waals surface area contributed by atoms with Gasteiger partial charge in [0.15, 0.2) is 0 Å². The molecule has 0 saturated heterocycles. The highest BCUT2D eigenvalue weighted by molar-refractivity contribution is 9.10. The average Bonchev–Trinajstić information content (AvgIpc) is 2.86. The quantitative estimate of drug-likeness (QED) is 0.781. The smallest absolute Gasteiger partial charge is 0.243 e. The van der Waals surface area contributed by atoms with Crippen LogP contribution in [0.3, 0.4) is 0 Å². The number of benzene rings is 1. The first-order valence-corrected chi connectivity index (χ1v) is 8.97. The van der Waals surface area contributed by atoms with Gasteiger partial charge in [-0.2, -0.15) is 4.72 Å². The second-order valence-electron chi connectivity index (χ2n) is 4.87. The minimum absolute atomic E-state index is 0.0316. The third-order valence-electron chi connectivity index (χ3n) is 2.70. The van der Waals surface area contributed by atoms with Gasteiger partial charge in [-0.3, -0.25) is 0 Å². The predicted molar refractivity (Wildman–Crippen MR) is 84.0 cm³/mol. The minimum Gasteiger partial charge on any atom is -0.398 e. The third kappa shape index (κ3) is 3.42. The maximum absolute atomic E-state index is 13.4. The second-order valence-corrected chi connectivity index (χ2v) is 8.27. The zero-order chi connectivity index (χ0) is 15.8. The van der Waals surface area contributed by atoms with Crippen molar-refractivity contribution in [3.05, 3.63) is 39.0 Å². The van der Waals surface area contributed by atoms with Gasteiger partial charge < -0.3 is 5.73 Å². The van der Waals surface area contributed by atoms with Crippen molar-refractivity contribution < 1.29 is 12.8 Å². The molecule has 0 fully saturated rings. The van der Waals surface area contributed by atoms with E-state index in [-0.39, 0.29) is 15.1 Å². The molecule has 2 rings (SSSR count). The van der Waals surface area contributed by atoms with Crippen molar-refractivity contribution >= 4 is 43.0 Å². The number of nitrogens with one attached hydrogen (secondary N) is 1. The van der Waals surface area contributed by atoms with E-state index >= 15 is 0 Å². The molecule has 0 aliphatic heterocycles. The van der Waals surface area contributed by atoms with Gasteiger partial charge in [-0.05, 0) is 41.9 Å². The van der Waals surface area contributed by atoms with E-state index in [9.17, 15) is 12.8 Å². The first kappa shape index (κ1) is 16.3. The molecule has 2 aromatic rings. The number of nitrogens with two attached hydrogens (primary N) is 1. The van der Waals surface area contributed by atoms with Crippen LogP contribution in [0.5, 0.6) is 0 Å². The molecule has 1 aromatic heterocycles. The van der Waals surface area contributed by atoms with E-state index in [2.05, 4.69) is 25.6 Å². The monoisotopic (exact) mass is 393 g/mol. The summed E-state index contributed by atoms with van der Waals surface area (Å²) in [4.78, 5) is 3.93. The van der Waals surface area contributed by atoms with Crippen LogP contribution in [0.1, 0.15) is 18.9 Å². The van der Waals surface area contributed by atoms with Gasteiger partial charge in [0, 0.05) is 11.6 Å². The lowest BCUT2D eigenvalue weighted by molar-refractivity contribution is 0.470. The maximum atomic E-state index is 13.4. The van der Waals surface area contributed by atoms with Gasteiger partial charge in [0.2, 0.25) is 10.0 Å². The van der Waals surface area contributed by atoms with Crippen LogP contribution < -0.4 is 10.5 Å². The number of aromatic nitrogens is 1. The lowest BCUT2D eigenvalue weighted by Gasteiger charge is -2.24. The van der Waals surface area contributed by atoms with E-state index in [1.54, 1.807) is 25.4 Å². The van der Waals surface area contributed by atoms with E-state index in [1.807, 2.05) is 0 Å². The van der Waals surface area contributed by atoms with Crippen LogP contribution in [-0.2, 0) is 15.6 Å². The van der Waals surface area contributed by atoms with Crippen LogP contribution in [0.25, 0.3) is 0 Å². The van der Waals surface area contributed by atoms with Gasteiger partial charge in [-0.25, -0.2) is 17.8 Å². The van der Waals surface area contributed by atoms with Crippen molar-refractivity contribution in [2.24, 2.45) is 0 Å². The van der Waals surface area contributed by atoms with Crippen LogP contribution in [0.2, 0.25) is 0 Å². The number of sulfonamides is 1. The molecule has 5 nitrogen and oxygen atoms in total. The maximum Gasteiger partial charge on any atom is 0.243 e. The molecule has 1 aromatic carbocycles. The Morgan fingerprint density at radius 2 is 2.10 bits per heavy atom. The first-order valence-electron chi connectivity index (χ1n) is 5.82. The Bertz CT molecular complexity index is 761. The van der Waals surface area contributed by atoms with Gasteiger partial charge in [0.1, 0.15) is 15.7 Å². The van der Waals surface area contributed by atoms with E-state index < -0.39 is 21.4 Å². The summed E-state index contributed by atoms with van der Waals surface area (Å²) in [5.41, 5.74) is 4.56. The fourth-order valence-corrected chi connectivity index (χ4v) is 4.54. The molecule has 21 heavy (non-hydrogen) atoms. The first-order chi connectivity index (χ1) is 9.63. The number of hydrogen-bond acceptors (Lipinski definition) is 5. The molecule has 0 aliphatic carbocycles. The molecule has 0 spiro atoms. The fourth-order valence-electron chi connectivity index (χ4n) is 1.74. The molecule has 1 heterocycles. The molecular formula is C12H13BrFN3O2S2. The highest BCUT2D eigenvalue weighted by Gasteiger charge is 2.31. The topological polar surface area (TPSA) is 85.1 Å². The van der Waals surface area contributed by atoms with Gasteiger partial charge in [0.05, 0.1) is 15.7 Å². The zero-order valence-electron chi connectivity index (χ0n) is 11.2. The number of rotatable bonds is 4. The Hall–Kier alpha value is -1.03. The van der Waals surface area contributed by atoms with Crippen molar-refractivity contribution in [2.45, 2.75) is 24.3 Å². The Labute approximate surface area is 134 Å². The van der Waals surface area contributed by atoms with Crippen molar-refractivity contribution in [3.63, 3.8) is 0 Å². The molecule has 0 unspecified atom stereocenters.